The van der Waals surface area contributed by atoms with Gasteiger partial charge < -0.3 is 24.6 Å². The van der Waals surface area contributed by atoms with Crippen LogP contribution in [-0.4, -0.2) is 62.1 Å². The van der Waals surface area contributed by atoms with E-state index in [0.29, 0.717) is 31.1 Å². The Morgan fingerprint density at radius 3 is 2.52 bits per heavy atom. The lowest BCUT2D eigenvalue weighted by Crippen LogP contribution is -3.15. The Morgan fingerprint density at radius 1 is 1.07 bits per heavy atom. The molecule has 0 spiro atoms. The minimum Gasteiger partial charge on any atom is -0.485 e. The van der Waals surface area contributed by atoms with Crippen LogP contribution in [0.1, 0.15) is 5.56 Å². The molecule has 29 heavy (non-hydrogen) atoms. The van der Waals surface area contributed by atoms with E-state index in [0.717, 1.165) is 24.3 Å². The van der Waals surface area contributed by atoms with E-state index in [1.165, 1.54) is 4.90 Å². The van der Waals surface area contributed by atoms with Crippen molar-refractivity contribution in [2.45, 2.75) is 13.0 Å². The molecule has 1 atom stereocenters. The number of nitrogens with one attached hydrogen (secondary N) is 2. The van der Waals surface area contributed by atoms with Gasteiger partial charge in [-0.25, -0.2) is 0 Å². The van der Waals surface area contributed by atoms with Crippen LogP contribution in [-0.2, 0) is 9.59 Å². The van der Waals surface area contributed by atoms with Crippen LogP contribution in [0.15, 0.2) is 48.5 Å². The number of carbonyl (C=O) groups is 2. The zero-order valence-electron chi connectivity index (χ0n) is 16.5. The topological polar surface area (TPSA) is 72.3 Å². The molecule has 152 valence electrons. The first kappa shape index (κ1) is 19.3. The largest absolute Gasteiger partial charge is 0.485 e. The zero-order chi connectivity index (χ0) is 20.2. The molecule has 4 rings (SSSR count). The Labute approximate surface area is 170 Å². The highest BCUT2D eigenvalue weighted by Gasteiger charge is 2.34. The maximum Gasteiger partial charge on any atom is 0.279 e. The van der Waals surface area contributed by atoms with E-state index in [2.05, 4.69) is 5.32 Å². The Morgan fingerprint density at radius 2 is 1.76 bits per heavy atom. The first-order valence-electron chi connectivity index (χ1n) is 9.96. The van der Waals surface area contributed by atoms with Crippen molar-refractivity contribution >= 4 is 17.5 Å². The highest BCUT2D eigenvalue weighted by Crippen LogP contribution is 2.31. The second-order valence-electron chi connectivity index (χ2n) is 7.48. The summed E-state index contributed by atoms with van der Waals surface area (Å²) in [5, 5.41) is 2.98. The molecule has 0 saturated carbocycles. The zero-order valence-corrected chi connectivity index (χ0v) is 16.5. The van der Waals surface area contributed by atoms with Crippen LogP contribution in [0.25, 0.3) is 0 Å². The molecule has 2 aromatic rings. The molecule has 0 bridgehead atoms. The van der Waals surface area contributed by atoms with Gasteiger partial charge in [0.1, 0.15) is 6.61 Å². The number of quaternary nitrogens is 1. The van der Waals surface area contributed by atoms with Crippen molar-refractivity contribution in [1.29, 1.82) is 0 Å². The maximum absolute atomic E-state index is 12.8. The summed E-state index contributed by atoms with van der Waals surface area (Å²) in [7, 11) is 0. The Hall–Kier alpha value is -3.06. The van der Waals surface area contributed by atoms with E-state index in [1.54, 1.807) is 0 Å². The van der Waals surface area contributed by atoms with Crippen LogP contribution < -0.4 is 19.7 Å². The second kappa shape index (κ2) is 8.53. The molecule has 2 heterocycles. The third-order valence-electron chi connectivity index (χ3n) is 5.40. The summed E-state index contributed by atoms with van der Waals surface area (Å²) in [5.74, 6) is 1.22. The van der Waals surface area contributed by atoms with E-state index in [9.17, 15) is 9.59 Å². The van der Waals surface area contributed by atoms with Crippen molar-refractivity contribution < 1.29 is 24.0 Å². The third kappa shape index (κ3) is 4.51. The minimum absolute atomic E-state index is 0.00491. The fourth-order valence-corrected chi connectivity index (χ4v) is 3.70. The number of fused-ring (bicyclic) bond motifs is 1. The number of hydrogen-bond donors (Lipinski definition) is 2. The number of amides is 2. The Balaban J connectivity index is 1.26. The number of benzene rings is 2. The summed E-state index contributed by atoms with van der Waals surface area (Å²) < 4.78 is 11.5. The molecule has 2 N–H and O–H groups in total. The lowest BCUT2D eigenvalue weighted by atomic mass is 10.2. The third-order valence-corrected chi connectivity index (χ3v) is 5.40. The summed E-state index contributed by atoms with van der Waals surface area (Å²) in [4.78, 5) is 28.1. The van der Waals surface area contributed by atoms with E-state index >= 15 is 0 Å². The molecule has 0 aliphatic carbocycles. The minimum atomic E-state index is -0.615. The van der Waals surface area contributed by atoms with Crippen LogP contribution >= 0.6 is 0 Å². The van der Waals surface area contributed by atoms with E-state index < -0.39 is 6.10 Å². The molecular weight excluding hydrogens is 370 g/mol. The van der Waals surface area contributed by atoms with Gasteiger partial charge in [-0.2, -0.15) is 0 Å². The van der Waals surface area contributed by atoms with Gasteiger partial charge in [-0.15, -0.1) is 0 Å². The van der Waals surface area contributed by atoms with Crippen LogP contribution in [0, 0.1) is 6.92 Å². The van der Waals surface area contributed by atoms with E-state index in [4.69, 9.17) is 9.47 Å². The van der Waals surface area contributed by atoms with Crippen molar-refractivity contribution in [3.63, 3.8) is 0 Å². The van der Waals surface area contributed by atoms with Crippen molar-refractivity contribution in [1.82, 2.24) is 4.90 Å². The van der Waals surface area contributed by atoms with Gasteiger partial charge in [-0.1, -0.05) is 30.3 Å². The van der Waals surface area contributed by atoms with E-state index in [1.807, 2.05) is 60.4 Å². The highest BCUT2D eigenvalue weighted by molar-refractivity contribution is 5.92. The Kier molecular flexibility index (Phi) is 5.67. The fourth-order valence-electron chi connectivity index (χ4n) is 3.70. The number of ether oxygens (including phenoxy) is 2. The van der Waals surface area contributed by atoms with Crippen molar-refractivity contribution in [3.05, 3.63) is 54.1 Å². The molecule has 0 aromatic heterocycles. The second-order valence-corrected chi connectivity index (χ2v) is 7.48. The lowest BCUT2D eigenvalue weighted by Gasteiger charge is -2.35. The van der Waals surface area contributed by atoms with Gasteiger partial charge in [0.2, 0.25) is 6.10 Å². The molecule has 7 heteroatoms. The molecule has 2 aromatic carbocycles. The monoisotopic (exact) mass is 396 g/mol. The van der Waals surface area contributed by atoms with Gasteiger partial charge in [0, 0.05) is 5.69 Å². The molecule has 2 aliphatic rings. The van der Waals surface area contributed by atoms with Crippen molar-refractivity contribution in [2.24, 2.45) is 0 Å². The average Bonchev–Trinajstić information content (AvgIpc) is 2.75. The van der Waals surface area contributed by atoms with Gasteiger partial charge in [-0.3, -0.25) is 9.59 Å². The van der Waals surface area contributed by atoms with Crippen LogP contribution in [0.5, 0.6) is 11.5 Å². The number of aryl methyl sites for hydroxylation is 1. The highest BCUT2D eigenvalue weighted by atomic mass is 16.6. The first-order chi connectivity index (χ1) is 14.1. The quantitative estimate of drug-likeness (QED) is 0.790. The van der Waals surface area contributed by atoms with Gasteiger partial charge in [-0.05, 0) is 30.7 Å². The predicted molar refractivity (Wildman–Crippen MR) is 108 cm³/mol. The average molecular weight is 396 g/mol. The van der Waals surface area contributed by atoms with Gasteiger partial charge in [0.15, 0.2) is 18.0 Å². The van der Waals surface area contributed by atoms with Crippen molar-refractivity contribution in [2.75, 3.05) is 44.6 Å². The first-order valence-corrected chi connectivity index (χ1v) is 9.96. The van der Waals surface area contributed by atoms with Crippen LogP contribution in [0.3, 0.4) is 0 Å². The normalized spacial score (nSPS) is 18.9. The predicted octanol–water partition coefficient (Wildman–Crippen LogP) is 0.501. The van der Waals surface area contributed by atoms with Gasteiger partial charge >= 0.3 is 0 Å². The molecular formula is C22H26N3O4+. The molecule has 0 unspecified atom stereocenters. The number of nitrogens with zero attached hydrogens (tertiary/aromatic N) is 1. The maximum atomic E-state index is 12.8. The molecule has 0 radical (unpaired) electrons. The van der Waals surface area contributed by atoms with Crippen LogP contribution in [0.2, 0.25) is 0 Å². The smallest absolute Gasteiger partial charge is 0.279 e. The lowest BCUT2D eigenvalue weighted by molar-refractivity contribution is -0.895. The number of para-hydroxylation sites is 3. The molecule has 2 amide bonds. The molecule has 7 nitrogen and oxygen atoms in total. The van der Waals surface area contributed by atoms with Crippen molar-refractivity contribution in [3.8, 4) is 11.5 Å². The van der Waals surface area contributed by atoms with Gasteiger partial charge in [0.05, 0.1) is 26.2 Å². The number of hydrogen-bond acceptors (Lipinski definition) is 4. The Bertz CT molecular complexity index is 893. The fraction of sp³-hybridized carbons (Fsp3) is 0.364. The number of rotatable bonds is 4. The van der Waals surface area contributed by atoms with E-state index in [-0.39, 0.29) is 18.4 Å². The summed E-state index contributed by atoms with van der Waals surface area (Å²) in [6.45, 7) is 5.27. The molecule has 1 saturated heterocycles. The summed E-state index contributed by atoms with van der Waals surface area (Å²) in [5.41, 5.74) is 1.89. The summed E-state index contributed by atoms with van der Waals surface area (Å²) in [6, 6.07) is 15.1. The SMILES string of the molecule is Cc1ccccc1NC(=O)C[NH+]1CCN(C(=O)[C@H]2COc3ccccc3O2)CC1. The molecule has 1 fully saturated rings. The van der Waals surface area contributed by atoms with Crippen LogP contribution in [0.4, 0.5) is 5.69 Å². The standard InChI is InChI=1S/C22H25N3O4/c1-16-6-2-3-7-17(16)23-21(26)14-24-10-12-25(13-11-24)22(27)20-15-28-18-8-4-5-9-19(18)29-20/h2-9,20H,10-15H2,1H3,(H,23,26)/p+1/t20-/m1/s1. The summed E-state index contributed by atoms with van der Waals surface area (Å²) in [6.07, 6.45) is -0.615. The summed E-state index contributed by atoms with van der Waals surface area (Å²) >= 11 is 0. The molecule has 2 aliphatic heterocycles. The van der Waals surface area contributed by atoms with Gasteiger partial charge in [0.25, 0.3) is 11.8 Å². The number of carbonyl (C=O) groups excluding carboxylic acids is 2. The number of piperazine rings is 1. The number of anilines is 1.